The normalized spacial score (nSPS) is 11.1. The molecule has 102 valence electrons. The lowest BCUT2D eigenvalue weighted by molar-refractivity contribution is 0.231. The summed E-state index contributed by atoms with van der Waals surface area (Å²) >= 11 is 1.64. The molecule has 2 aromatic rings. The van der Waals surface area contributed by atoms with Gasteiger partial charge < -0.3 is 10.5 Å². The maximum atomic E-state index is 14.0. The molecule has 0 spiro atoms. The molecule has 2 N–H and O–H groups in total. The fourth-order valence-corrected chi connectivity index (χ4v) is 2.95. The first-order chi connectivity index (χ1) is 9.02. The van der Waals surface area contributed by atoms with Crippen molar-refractivity contribution in [1.82, 2.24) is 0 Å². The first-order valence-corrected chi connectivity index (χ1v) is 7.14. The zero-order valence-electron chi connectivity index (χ0n) is 11.4. The SMILES string of the molecule is Cc1scc(CN)c1-c1ccc(OC(C)C)c(F)c1. The summed E-state index contributed by atoms with van der Waals surface area (Å²) in [5.74, 6) is -0.0410. The van der Waals surface area contributed by atoms with Crippen LogP contribution in [0.1, 0.15) is 24.3 Å². The number of nitrogens with two attached hydrogens (primary N) is 1. The van der Waals surface area contributed by atoms with E-state index in [1.807, 2.05) is 32.2 Å². The van der Waals surface area contributed by atoms with Gasteiger partial charge in [0, 0.05) is 11.4 Å². The molecular weight excluding hydrogens is 261 g/mol. The summed E-state index contributed by atoms with van der Waals surface area (Å²) in [4.78, 5) is 1.15. The highest BCUT2D eigenvalue weighted by Crippen LogP contribution is 2.34. The predicted octanol–water partition coefficient (Wildman–Crippen LogP) is 4.11. The van der Waals surface area contributed by atoms with Crippen molar-refractivity contribution in [1.29, 1.82) is 0 Å². The first kappa shape index (κ1) is 14.0. The van der Waals surface area contributed by atoms with E-state index in [1.54, 1.807) is 17.4 Å². The van der Waals surface area contributed by atoms with E-state index >= 15 is 0 Å². The Balaban J connectivity index is 2.41. The summed E-state index contributed by atoms with van der Waals surface area (Å²) in [7, 11) is 0. The second kappa shape index (κ2) is 5.72. The minimum absolute atomic E-state index is 0.0390. The molecule has 0 aliphatic heterocycles. The second-order valence-electron chi connectivity index (χ2n) is 4.71. The summed E-state index contributed by atoms with van der Waals surface area (Å²) in [6.45, 7) is 6.24. The monoisotopic (exact) mass is 279 g/mol. The van der Waals surface area contributed by atoms with Gasteiger partial charge in [-0.2, -0.15) is 0 Å². The van der Waals surface area contributed by atoms with Crippen LogP contribution in [0.5, 0.6) is 5.75 Å². The van der Waals surface area contributed by atoms with Crippen molar-refractivity contribution in [2.24, 2.45) is 5.73 Å². The third-order valence-corrected chi connectivity index (χ3v) is 3.81. The van der Waals surface area contributed by atoms with Gasteiger partial charge in [-0.3, -0.25) is 0 Å². The van der Waals surface area contributed by atoms with Gasteiger partial charge >= 0.3 is 0 Å². The largest absolute Gasteiger partial charge is 0.488 e. The lowest BCUT2D eigenvalue weighted by atomic mass is 10.0. The van der Waals surface area contributed by atoms with Crippen LogP contribution in [-0.4, -0.2) is 6.10 Å². The van der Waals surface area contributed by atoms with Gasteiger partial charge in [-0.05, 0) is 55.0 Å². The molecule has 0 amide bonds. The van der Waals surface area contributed by atoms with Crippen LogP contribution in [-0.2, 0) is 6.54 Å². The van der Waals surface area contributed by atoms with Crippen LogP contribution in [0.3, 0.4) is 0 Å². The van der Waals surface area contributed by atoms with Crippen molar-refractivity contribution in [2.45, 2.75) is 33.4 Å². The van der Waals surface area contributed by atoms with Gasteiger partial charge in [-0.1, -0.05) is 6.07 Å². The van der Waals surface area contributed by atoms with Crippen molar-refractivity contribution in [3.05, 3.63) is 39.8 Å². The number of thiophene rings is 1. The Morgan fingerprint density at radius 1 is 1.37 bits per heavy atom. The molecule has 0 bridgehead atoms. The van der Waals surface area contributed by atoms with Crippen molar-refractivity contribution in [3.63, 3.8) is 0 Å². The minimum Gasteiger partial charge on any atom is -0.488 e. The molecule has 0 saturated heterocycles. The topological polar surface area (TPSA) is 35.2 Å². The molecule has 0 unspecified atom stereocenters. The lowest BCUT2D eigenvalue weighted by Crippen LogP contribution is -2.07. The van der Waals surface area contributed by atoms with Crippen LogP contribution < -0.4 is 10.5 Å². The Labute approximate surface area is 117 Å². The summed E-state index contributed by atoms with van der Waals surface area (Å²) in [5.41, 5.74) is 8.68. The third kappa shape index (κ3) is 2.96. The predicted molar refractivity (Wildman–Crippen MR) is 78.1 cm³/mol. The van der Waals surface area contributed by atoms with Crippen molar-refractivity contribution >= 4 is 11.3 Å². The Hall–Kier alpha value is -1.39. The number of aryl methyl sites for hydroxylation is 1. The lowest BCUT2D eigenvalue weighted by Gasteiger charge is -2.12. The van der Waals surface area contributed by atoms with E-state index < -0.39 is 0 Å². The molecule has 0 atom stereocenters. The minimum atomic E-state index is -0.334. The van der Waals surface area contributed by atoms with Crippen LogP contribution in [0.4, 0.5) is 4.39 Å². The molecular formula is C15H18FNOS. The Morgan fingerprint density at radius 3 is 2.68 bits per heavy atom. The molecule has 1 aromatic carbocycles. The molecule has 0 saturated carbocycles. The number of ether oxygens (including phenoxy) is 1. The Morgan fingerprint density at radius 2 is 2.11 bits per heavy atom. The molecule has 0 fully saturated rings. The van der Waals surface area contributed by atoms with Gasteiger partial charge in [0.05, 0.1) is 6.10 Å². The summed E-state index contributed by atoms with van der Waals surface area (Å²) in [5, 5.41) is 2.03. The van der Waals surface area contributed by atoms with E-state index in [2.05, 4.69) is 0 Å². The van der Waals surface area contributed by atoms with Crippen LogP contribution in [0, 0.1) is 12.7 Å². The van der Waals surface area contributed by atoms with E-state index in [0.717, 1.165) is 21.6 Å². The third-order valence-electron chi connectivity index (χ3n) is 2.85. The molecule has 2 nitrogen and oxygen atoms in total. The summed E-state index contributed by atoms with van der Waals surface area (Å²) < 4.78 is 19.4. The maximum absolute atomic E-state index is 14.0. The highest BCUT2D eigenvalue weighted by Gasteiger charge is 2.13. The molecule has 0 aliphatic rings. The molecule has 1 aromatic heterocycles. The first-order valence-electron chi connectivity index (χ1n) is 6.26. The second-order valence-corrected chi connectivity index (χ2v) is 5.79. The number of benzene rings is 1. The number of halogens is 1. The molecule has 19 heavy (non-hydrogen) atoms. The standard InChI is InChI=1S/C15H18FNOS/c1-9(2)18-14-5-4-11(6-13(14)16)15-10(3)19-8-12(15)7-17/h4-6,8-9H,7,17H2,1-3H3. The van der Waals surface area contributed by atoms with Gasteiger partial charge in [0.2, 0.25) is 0 Å². The average molecular weight is 279 g/mol. The van der Waals surface area contributed by atoms with Gasteiger partial charge in [-0.15, -0.1) is 11.3 Å². The van der Waals surface area contributed by atoms with Crippen molar-refractivity contribution in [2.75, 3.05) is 0 Å². The summed E-state index contributed by atoms with van der Waals surface area (Å²) in [6, 6.07) is 5.09. The number of hydrogen-bond donors (Lipinski definition) is 1. The highest BCUT2D eigenvalue weighted by molar-refractivity contribution is 7.10. The van der Waals surface area contributed by atoms with Crippen LogP contribution in [0.2, 0.25) is 0 Å². The van der Waals surface area contributed by atoms with E-state index in [4.69, 9.17) is 10.5 Å². The molecule has 4 heteroatoms. The zero-order chi connectivity index (χ0) is 14.0. The fraction of sp³-hybridized carbons (Fsp3) is 0.333. The van der Waals surface area contributed by atoms with Crippen LogP contribution in [0.25, 0.3) is 11.1 Å². The quantitative estimate of drug-likeness (QED) is 0.914. The average Bonchev–Trinajstić information content (AvgIpc) is 2.72. The van der Waals surface area contributed by atoms with E-state index in [1.165, 1.54) is 6.07 Å². The summed E-state index contributed by atoms with van der Waals surface area (Å²) in [6.07, 6.45) is -0.0390. The molecule has 1 heterocycles. The van der Waals surface area contributed by atoms with Crippen molar-refractivity contribution in [3.8, 4) is 16.9 Å². The number of rotatable bonds is 4. The molecule has 0 aliphatic carbocycles. The maximum Gasteiger partial charge on any atom is 0.165 e. The molecule has 2 rings (SSSR count). The van der Waals surface area contributed by atoms with Gasteiger partial charge in [0.25, 0.3) is 0 Å². The smallest absolute Gasteiger partial charge is 0.165 e. The van der Waals surface area contributed by atoms with E-state index in [-0.39, 0.29) is 11.9 Å². The van der Waals surface area contributed by atoms with Gasteiger partial charge in [0.15, 0.2) is 11.6 Å². The molecule has 0 radical (unpaired) electrons. The van der Waals surface area contributed by atoms with Crippen LogP contribution >= 0.6 is 11.3 Å². The fourth-order valence-electron chi connectivity index (χ4n) is 2.05. The van der Waals surface area contributed by atoms with Gasteiger partial charge in [-0.25, -0.2) is 4.39 Å². The van der Waals surface area contributed by atoms with E-state index in [0.29, 0.717) is 12.3 Å². The number of hydrogen-bond acceptors (Lipinski definition) is 3. The zero-order valence-corrected chi connectivity index (χ0v) is 12.2. The van der Waals surface area contributed by atoms with E-state index in [9.17, 15) is 4.39 Å². The Kier molecular flexibility index (Phi) is 4.22. The van der Waals surface area contributed by atoms with Crippen LogP contribution in [0.15, 0.2) is 23.6 Å². The van der Waals surface area contributed by atoms with Gasteiger partial charge in [0.1, 0.15) is 0 Å². The van der Waals surface area contributed by atoms with Crippen molar-refractivity contribution < 1.29 is 9.13 Å². The Bertz CT molecular complexity index is 578. The highest BCUT2D eigenvalue weighted by atomic mass is 32.1.